The van der Waals surface area contributed by atoms with Crippen LogP contribution in [0.2, 0.25) is 0 Å². The molecule has 0 atom stereocenters. The normalized spacial score (nSPS) is 10.6. The van der Waals surface area contributed by atoms with E-state index in [9.17, 15) is 0 Å². The minimum atomic E-state index is -0.334. The number of methoxy groups -OCH3 is 1. The van der Waals surface area contributed by atoms with Crippen LogP contribution < -0.4 is 9.47 Å². The van der Waals surface area contributed by atoms with Gasteiger partial charge in [-0.2, -0.15) is 5.26 Å². The van der Waals surface area contributed by atoms with E-state index in [0.717, 1.165) is 11.5 Å². The van der Waals surface area contributed by atoms with E-state index in [-0.39, 0.29) is 5.41 Å². The van der Waals surface area contributed by atoms with Gasteiger partial charge in [-0.05, 0) is 32.4 Å². The van der Waals surface area contributed by atoms with Crippen molar-refractivity contribution in [2.24, 2.45) is 5.41 Å². The van der Waals surface area contributed by atoms with E-state index < -0.39 is 0 Å². The smallest absolute Gasteiger partial charge is 0.122 e. The van der Waals surface area contributed by atoms with Crippen molar-refractivity contribution in [1.82, 2.24) is 0 Å². The standard InChI is InChI=1S/C13H17NO2/c1-13(2,10-14)7-8-16-12-6-4-5-11(9-12)15-3/h4-6,9H,7-8H2,1-3H3. The molecule has 0 bridgehead atoms. The van der Waals surface area contributed by atoms with Crippen LogP contribution in [0.15, 0.2) is 24.3 Å². The average Bonchev–Trinajstić information content (AvgIpc) is 2.29. The molecule has 3 heteroatoms. The molecule has 0 N–H and O–H groups in total. The van der Waals surface area contributed by atoms with Crippen LogP contribution in [-0.2, 0) is 0 Å². The third-order valence-electron chi connectivity index (χ3n) is 2.34. The van der Waals surface area contributed by atoms with Crippen LogP contribution in [0.1, 0.15) is 20.3 Å². The SMILES string of the molecule is COc1cccc(OCCC(C)(C)C#N)c1. The molecule has 0 saturated heterocycles. The lowest BCUT2D eigenvalue weighted by Gasteiger charge is -2.15. The van der Waals surface area contributed by atoms with E-state index in [1.165, 1.54) is 0 Å². The van der Waals surface area contributed by atoms with Crippen LogP contribution in [-0.4, -0.2) is 13.7 Å². The summed E-state index contributed by atoms with van der Waals surface area (Å²) in [7, 11) is 1.62. The fourth-order valence-corrected chi connectivity index (χ4v) is 1.17. The minimum Gasteiger partial charge on any atom is -0.497 e. The number of hydrogen-bond acceptors (Lipinski definition) is 3. The molecule has 0 saturated carbocycles. The molecule has 1 aromatic rings. The molecule has 0 unspecified atom stereocenters. The molecular formula is C13H17NO2. The monoisotopic (exact) mass is 219 g/mol. The summed E-state index contributed by atoms with van der Waals surface area (Å²) in [6.45, 7) is 4.34. The summed E-state index contributed by atoms with van der Waals surface area (Å²) in [4.78, 5) is 0. The zero-order chi connectivity index (χ0) is 12.0. The first-order valence-corrected chi connectivity index (χ1v) is 5.25. The summed E-state index contributed by atoms with van der Waals surface area (Å²) < 4.78 is 10.6. The maximum Gasteiger partial charge on any atom is 0.122 e. The van der Waals surface area contributed by atoms with Gasteiger partial charge in [-0.15, -0.1) is 0 Å². The van der Waals surface area contributed by atoms with Gasteiger partial charge in [-0.3, -0.25) is 0 Å². The van der Waals surface area contributed by atoms with Crippen molar-refractivity contribution in [3.05, 3.63) is 24.3 Å². The van der Waals surface area contributed by atoms with Crippen LogP contribution >= 0.6 is 0 Å². The Bertz CT molecular complexity index is 380. The molecule has 1 rings (SSSR count). The Morgan fingerprint density at radius 3 is 2.62 bits per heavy atom. The summed E-state index contributed by atoms with van der Waals surface area (Å²) in [5, 5.41) is 8.85. The summed E-state index contributed by atoms with van der Waals surface area (Å²) >= 11 is 0. The van der Waals surface area contributed by atoms with Gasteiger partial charge in [0.15, 0.2) is 0 Å². The van der Waals surface area contributed by atoms with Crippen LogP contribution in [0, 0.1) is 16.7 Å². The fourth-order valence-electron chi connectivity index (χ4n) is 1.17. The first-order valence-electron chi connectivity index (χ1n) is 5.25. The van der Waals surface area contributed by atoms with Crippen LogP contribution in [0.5, 0.6) is 11.5 Å². The molecular weight excluding hydrogens is 202 g/mol. The van der Waals surface area contributed by atoms with Gasteiger partial charge in [0.05, 0.1) is 25.2 Å². The van der Waals surface area contributed by atoms with Gasteiger partial charge in [-0.25, -0.2) is 0 Å². The van der Waals surface area contributed by atoms with Gasteiger partial charge in [0.1, 0.15) is 11.5 Å². The molecule has 0 fully saturated rings. The van der Waals surface area contributed by atoms with Gasteiger partial charge < -0.3 is 9.47 Å². The van der Waals surface area contributed by atoms with Crippen molar-refractivity contribution in [2.45, 2.75) is 20.3 Å². The highest BCUT2D eigenvalue weighted by Gasteiger charge is 2.16. The third-order valence-corrected chi connectivity index (χ3v) is 2.34. The van der Waals surface area contributed by atoms with E-state index in [1.807, 2.05) is 38.1 Å². The number of nitriles is 1. The zero-order valence-corrected chi connectivity index (χ0v) is 9.99. The van der Waals surface area contributed by atoms with Crippen molar-refractivity contribution in [2.75, 3.05) is 13.7 Å². The van der Waals surface area contributed by atoms with Gasteiger partial charge >= 0.3 is 0 Å². The first kappa shape index (κ1) is 12.4. The second kappa shape index (κ2) is 5.41. The second-order valence-corrected chi connectivity index (χ2v) is 4.27. The quantitative estimate of drug-likeness (QED) is 0.764. The number of nitrogens with zero attached hydrogens (tertiary/aromatic N) is 1. The fraction of sp³-hybridized carbons (Fsp3) is 0.462. The molecule has 0 aliphatic carbocycles. The van der Waals surface area contributed by atoms with Gasteiger partial charge in [0, 0.05) is 6.07 Å². The third kappa shape index (κ3) is 3.82. The Hall–Kier alpha value is -1.69. The molecule has 0 amide bonds. The number of ether oxygens (including phenoxy) is 2. The summed E-state index contributed by atoms with van der Waals surface area (Å²) in [6.07, 6.45) is 0.709. The highest BCUT2D eigenvalue weighted by molar-refractivity contribution is 5.32. The maximum absolute atomic E-state index is 8.85. The topological polar surface area (TPSA) is 42.2 Å². The van der Waals surface area contributed by atoms with Gasteiger partial charge in [0.2, 0.25) is 0 Å². The molecule has 1 aromatic carbocycles. The Kier molecular flexibility index (Phi) is 4.19. The van der Waals surface area contributed by atoms with E-state index in [0.29, 0.717) is 13.0 Å². The molecule has 0 radical (unpaired) electrons. The van der Waals surface area contributed by atoms with Crippen molar-refractivity contribution < 1.29 is 9.47 Å². The lowest BCUT2D eigenvalue weighted by atomic mass is 9.92. The van der Waals surface area contributed by atoms with Crippen LogP contribution in [0.4, 0.5) is 0 Å². The maximum atomic E-state index is 8.85. The molecule has 0 aromatic heterocycles. The highest BCUT2D eigenvalue weighted by atomic mass is 16.5. The zero-order valence-electron chi connectivity index (χ0n) is 9.99. The van der Waals surface area contributed by atoms with Crippen LogP contribution in [0.3, 0.4) is 0 Å². The predicted molar refractivity (Wildman–Crippen MR) is 62.5 cm³/mol. The number of rotatable bonds is 5. The number of benzene rings is 1. The van der Waals surface area contributed by atoms with Crippen molar-refractivity contribution in [1.29, 1.82) is 5.26 Å². The molecule has 0 spiro atoms. The largest absolute Gasteiger partial charge is 0.497 e. The van der Waals surface area contributed by atoms with E-state index in [4.69, 9.17) is 14.7 Å². The molecule has 0 heterocycles. The highest BCUT2D eigenvalue weighted by Crippen LogP contribution is 2.22. The van der Waals surface area contributed by atoms with Gasteiger partial charge in [0.25, 0.3) is 0 Å². The molecule has 16 heavy (non-hydrogen) atoms. The lowest BCUT2D eigenvalue weighted by molar-refractivity contribution is 0.263. The number of hydrogen-bond donors (Lipinski definition) is 0. The van der Waals surface area contributed by atoms with Crippen molar-refractivity contribution >= 4 is 0 Å². The molecule has 0 aliphatic rings. The molecule has 86 valence electrons. The van der Waals surface area contributed by atoms with Crippen molar-refractivity contribution in [3.8, 4) is 17.6 Å². The summed E-state index contributed by atoms with van der Waals surface area (Å²) in [5.74, 6) is 1.55. The van der Waals surface area contributed by atoms with Crippen LogP contribution in [0.25, 0.3) is 0 Å². The summed E-state index contributed by atoms with van der Waals surface area (Å²) in [6, 6.07) is 9.70. The Morgan fingerprint density at radius 2 is 2.00 bits per heavy atom. The first-order chi connectivity index (χ1) is 7.57. The molecule has 3 nitrogen and oxygen atoms in total. The molecule has 0 aliphatic heterocycles. The second-order valence-electron chi connectivity index (χ2n) is 4.27. The Labute approximate surface area is 96.6 Å². The average molecular weight is 219 g/mol. The summed E-state index contributed by atoms with van der Waals surface area (Å²) in [5.41, 5.74) is -0.334. The van der Waals surface area contributed by atoms with E-state index in [1.54, 1.807) is 7.11 Å². The Morgan fingerprint density at radius 1 is 1.31 bits per heavy atom. The minimum absolute atomic E-state index is 0.334. The Balaban J connectivity index is 2.46. The van der Waals surface area contributed by atoms with E-state index in [2.05, 4.69) is 6.07 Å². The van der Waals surface area contributed by atoms with E-state index >= 15 is 0 Å². The predicted octanol–water partition coefficient (Wildman–Crippen LogP) is 3.01. The van der Waals surface area contributed by atoms with Crippen molar-refractivity contribution in [3.63, 3.8) is 0 Å². The van der Waals surface area contributed by atoms with Gasteiger partial charge in [-0.1, -0.05) is 6.07 Å². The lowest BCUT2D eigenvalue weighted by Crippen LogP contribution is -2.13.